The Hall–Kier alpha value is -3.36. The van der Waals surface area contributed by atoms with Crippen molar-refractivity contribution >= 4 is 23.3 Å². The molecule has 1 aliphatic heterocycles. The van der Waals surface area contributed by atoms with Crippen LogP contribution in [0, 0.1) is 6.92 Å². The number of hydrogen-bond donors (Lipinski definition) is 4. The number of rotatable bonds is 11. The fourth-order valence-corrected chi connectivity index (χ4v) is 3.77. The van der Waals surface area contributed by atoms with Crippen LogP contribution in [0.3, 0.4) is 0 Å². The Morgan fingerprint density at radius 2 is 1.82 bits per heavy atom. The molecule has 0 saturated heterocycles. The lowest BCUT2D eigenvalue weighted by Crippen LogP contribution is -2.32. The average molecular weight is 465 g/mol. The Labute approximate surface area is 202 Å². The summed E-state index contributed by atoms with van der Waals surface area (Å²) in [5.74, 6) is -0.0798. The maximum Gasteiger partial charge on any atom is 0.323 e. The number of benzene rings is 2. The van der Waals surface area contributed by atoms with Crippen LogP contribution in [0.2, 0.25) is 0 Å². The molecule has 0 fully saturated rings. The van der Waals surface area contributed by atoms with Crippen molar-refractivity contribution in [3.8, 4) is 0 Å². The zero-order chi connectivity index (χ0) is 24.3. The first kappa shape index (κ1) is 25.3. The van der Waals surface area contributed by atoms with E-state index in [0.717, 1.165) is 55.1 Å². The van der Waals surface area contributed by atoms with E-state index in [4.69, 9.17) is 0 Å². The third kappa shape index (κ3) is 7.33. The van der Waals surface area contributed by atoms with Crippen molar-refractivity contribution in [2.24, 2.45) is 0 Å². The highest BCUT2D eigenvalue weighted by molar-refractivity contribution is 5.95. The summed E-state index contributed by atoms with van der Waals surface area (Å²) in [6, 6.07) is 14.8. The summed E-state index contributed by atoms with van der Waals surface area (Å²) in [6.45, 7) is 10.6. The van der Waals surface area contributed by atoms with Crippen molar-refractivity contribution in [1.29, 1.82) is 0 Å². The Bertz CT molecular complexity index is 1000. The summed E-state index contributed by atoms with van der Waals surface area (Å²) in [5, 5.41) is 10.6. The number of nitrogens with one attached hydrogen (secondary N) is 4. The standard InChI is InChI=1S/C26H36N6O2/c1-4-31(5-2)16-9-8-15-27-25(33)21-12-10-13-23(17-21)32-19-22(18-28-32)29-26(34)30-24-14-7-6-11-20(24)3/h6-7,10-14,17,19,28H,4-5,8-9,15-16,18H2,1-3H3,(H,27,33)(H2,29,30,34). The first-order valence-corrected chi connectivity index (χ1v) is 12.0. The van der Waals surface area contributed by atoms with Crippen molar-refractivity contribution in [3.05, 3.63) is 71.6 Å². The van der Waals surface area contributed by atoms with E-state index in [1.54, 1.807) is 0 Å². The molecule has 4 N–H and O–H groups in total. The largest absolute Gasteiger partial charge is 0.352 e. The number of hydrogen-bond acceptors (Lipinski definition) is 5. The molecular weight excluding hydrogens is 428 g/mol. The van der Waals surface area contributed by atoms with Crippen molar-refractivity contribution in [2.75, 3.05) is 43.0 Å². The Balaban J connectivity index is 1.49. The van der Waals surface area contributed by atoms with Crippen LogP contribution >= 0.6 is 0 Å². The van der Waals surface area contributed by atoms with Gasteiger partial charge in [0.1, 0.15) is 0 Å². The van der Waals surface area contributed by atoms with Gasteiger partial charge in [-0.1, -0.05) is 38.1 Å². The quantitative estimate of drug-likeness (QED) is 0.380. The van der Waals surface area contributed by atoms with Gasteiger partial charge < -0.3 is 20.9 Å². The van der Waals surface area contributed by atoms with Crippen molar-refractivity contribution < 1.29 is 9.59 Å². The summed E-state index contributed by atoms with van der Waals surface area (Å²) in [6.07, 6.45) is 3.84. The first-order chi connectivity index (χ1) is 16.5. The molecule has 2 aromatic carbocycles. The van der Waals surface area contributed by atoms with Crippen molar-refractivity contribution in [1.82, 2.24) is 21.0 Å². The van der Waals surface area contributed by atoms with Gasteiger partial charge in [0.05, 0.1) is 17.9 Å². The third-order valence-corrected chi connectivity index (χ3v) is 5.86. The smallest absolute Gasteiger partial charge is 0.323 e. The van der Waals surface area contributed by atoms with Gasteiger partial charge in [0.2, 0.25) is 0 Å². The van der Waals surface area contributed by atoms with Crippen LogP contribution in [0.25, 0.3) is 0 Å². The molecule has 8 nitrogen and oxygen atoms in total. The molecule has 0 bridgehead atoms. The second-order valence-electron chi connectivity index (χ2n) is 8.29. The molecule has 0 saturated carbocycles. The second kappa shape index (κ2) is 12.8. The normalized spacial score (nSPS) is 13.1. The zero-order valence-corrected chi connectivity index (χ0v) is 20.4. The van der Waals surface area contributed by atoms with Crippen LogP contribution in [0.15, 0.2) is 60.4 Å². The highest BCUT2D eigenvalue weighted by atomic mass is 16.2. The van der Waals surface area contributed by atoms with Gasteiger partial charge in [-0.05, 0) is 69.2 Å². The van der Waals surface area contributed by atoms with Gasteiger partial charge in [-0.3, -0.25) is 9.80 Å². The summed E-state index contributed by atoms with van der Waals surface area (Å²) in [5.41, 5.74) is 7.15. The van der Waals surface area contributed by atoms with Gasteiger partial charge in [0, 0.05) is 24.0 Å². The van der Waals surface area contributed by atoms with E-state index in [9.17, 15) is 9.59 Å². The molecular formula is C26H36N6O2. The first-order valence-electron chi connectivity index (χ1n) is 12.0. The van der Waals surface area contributed by atoms with Crippen molar-refractivity contribution in [3.63, 3.8) is 0 Å². The monoisotopic (exact) mass is 464 g/mol. The third-order valence-electron chi connectivity index (χ3n) is 5.86. The molecule has 0 aromatic heterocycles. The summed E-state index contributed by atoms with van der Waals surface area (Å²) >= 11 is 0. The Kier molecular flexibility index (Phi) is 9.49. The fourth-order valence-electron chi connectivity index (χ4n) is 3.77. The summed E-state index contributed by atoms with van der Waals surface area (Å²) < 4.78 is 0. The average Bonchev–Trinajstić information content (AvgIpc) is 3.31. The highest BCUT2D eigenvalue weighted by Gasteiger charge is 2.17. The number of carbonyl (C=O) groups is 2. The highest BCUT2D eigenvalue weighted by Crippen LogP contribution is 2.19. The number of carbonyl (C=O) groups excluding carboxylic acids is 2. The van der Waals surface area contributed by atoms with E-state index in [1.807, 2.05) is 66.7 Å². The lowest BCUT2D eigenvalue weighted by Gasteiger charge is -2.18. The van der Waals surface area contributed by atoms with Gasteiger partial charge >= 0.3 is 6.03 Å². The molecule has 0 aliphatic carbocycles. The van der Waals surface area contributed by atoms with Crippen LogP contribution in [0.5, 0.6) is 0 Å². The Morgan fingerprint density at radius 3 is 2.59 bits per heavy atom. The van der Waals surface area contributed by atoms with Crippen LogP contribution in [0.1, 0.15) is 42.6 Å². The van der Waals surface area contributed by atoms with Crippen LogP contribution in [0.4, 0.5) is 16.2 Å². The molecule has 2 aromatic rings. The molecule has 0 atom stereocenters. The molecule has 0 spiro atoms. The van der Waals surface area contributed by atoms with Gasteiger partial charge in [0.15, 0.2) is 0 Å². The summed E-state index contributed by atoms with van der Waals surface area (Å²) in [4.78, 5) is 27.3. The lowest BCUT2D eigenvalue weighted by molar-refractivity contribution is 0.0952. The molecule has 3 rings (SSSR count). The Morgan fingerprint density at radius 1 is 1.03 bits per heavy atom. The maximum atomic E-state index is 12.6. The predicted molar refractivity (Wildman–Crippen MR) is 138 cm³/mol. The molecule has 182 valence electrons. The minimum absolute atomic E-state index is 0.0798. The number of hydrazine groups is 1. The van der Waals surface area contributed by atoms with Crippen LogP contribution in [-0.4, -0.2) is 49.6 Å². The SMILES string of the molecule is CCN(CC)CCCCNC(=O)c1cccc(N2C=C(NC(=O)Nc3ccccc3C)CN2)c1. The number of para-hydroxylation sites is 1. The van der Waals surface area contributed by atoms with E-state index in [2.05, 4.69) is 40.1 Å². The second-order valence-corrected chi connectivity index (χ2v) is 8.29. The van der Waals surface area contributed by atoms with Gasteiger partial charge in [-0.2, -0.15) is 0 Å². The molecule has 0 radical (unpaired) electrons. The topological polar surface area (TPSA) is 88.7 Å². The number of anilines is 2. The van der Waals surface area contributed by atoms with Gasteiger partial charge in [-0.25, -0.2) is 10.2 Å². The van der Waals surface area contributed by atoms with E-state index in [1.165, 1.54) is 0 Å². The van der Waals surface area contributed by atoms with E-state index >= 15 is 0 Å². The van der Waals surface area contributed by atoms with Crippen molar-refractivity contribution in [2.45, 2.75) is 33.6 Å². The van der Waals surface area contributed by atoms with E-state index in [-0.39, 0.29) is 11.9 Å². The van der Waals surface area contributed by atoms with Crippen LogP contribution < -0.4 is 26.4 Å². The molecule has 0 unspecified atom stereocenters. The lowest BCUT2D eigenvalue weighted by atomic mass is 10.2. The van der Waals surface area contributed by atoms with Gasteiger partial charge in [0.25, 0.3) is 5.91 Å². The number of urea groups is 1. The molecule has 3 amide bonds. The number of aryl methyl sites for hydroxylation is 1. The van der Waals surface area contributed by atoms with Crippen LogP contribution in [-0.2, 0) is 0 Å². The minimum Gasteiger partial charge on any atom is -0.352 e. The minimum atomic E-state index is -0.293. The number of amides is 3. The molecule has 8 heteroatoms. The van der Waals surface area contributed by atoms with E-state index in [0.29, 0.717) is 18.7 Å². The van der Waals surface area contributed by atoms with Gasteiger partial charge in [-0.15, -0.1) is 0 Å². The number of unbranched alkanes of at least 4 members (excludes halogenated alkanes) is 1. The molecule has 1 aliphatic rings. The maximum absolute atomic E-state index is 12.6. The number of nitrogens with zero attached hydrogens (tertiary/aromatic N) is 2. The predicted octanol–water partition coefficient (Wildman–Crippen LogP) is 3.83. The zero-order valence-electron chi connectivity index (χ0n) is 20.4. The fraction of sp³-hybridized carbons (Fsp3) is 0.385. The van der Waals surface area contributed by atoms with E-state index < -0.39 is 0 Å². The summed E-state index contributed by atoms with van der Waals surface area (Å²) in [7, 11) is 0. The molecule has 1 heterocycles. The molecule has 34 heavy (non-hydrogen) atoms.